The van der Waals surface area contributed by atoms with Gasteiger partial charge in [-0.1, -0.05) is 6.92 Å². The molecule has 2 heterocycles. The molecule has 1 aliphatic heterocycles. The quantitative estimate of drug-likeness (QED) is 0.917. The van der Waals surface area contributed by atoms with Crippen molar-refractivity contribution in [3.8, 4) is 0 Å². The van der Waals surface area contributed by atoms with Crippen LogP contribution in [0.1, 0.15) is 23.7 Å². The molecule has 0 saturated carbocycles. The van der Waals surface area contributed by atoms with Gasteiger partial charge in [-0.3, -0.25) is 4.90 Å². The molecule has 0 aliphatic carbocycles. The van der Waals surface area contributed by atoms with Gasteiger partial charge in [0, 0.05) is 36.8 Å². The van der Waals surface area contributed by atoms with Crippen molar-refractivity contribution in [1.29, 1.82) is 0 Å². The van der Waals surface area contributed by atoms with Gasteiger partial charge in [-0.15, -0.1) is 0 Å². The van der Waals surface area contributed by atoms with Gasteiger partial charge in [0.1, 0.15) is 11.4 Å². The lowest BCUT2D eigenvalue weighted by atomic mass is 10.2. The van der Waals surface area contributed by atoms with Gasteiger partial charge in [-0.05, 0) is 35.0 Å². The van der Waals surface area contributed by atoms with Crippen LogP contribution in [0.4, 0.5) is 5.82 Å². The Morgan fingerprint density at radius 1 is 1.42 bits per heavy atom. The smallest absolute Gasteiger partial charge is 0.339 e. The Bertz CT molecular complexity index is 459. The summed E-state index contributed by atoms with van der Waals surface area (Å²) in [5, 5.41) is 9.26. The van der Waals surface area contributed by atoms with E-state index < -0.39 is 5.97 Å². The van der Waals surface area contributed by atoms with Gasteiger partial charge >= 0.3 is 5.97 Å². The number of anilines is 1. The number of carboxylic acid groups (broad SMARTS) is 1. The van der Waals surface area contributed by atoms with E-state index in [2.05, 4.69) is 37.6 Å². The molecule has 0 spiro atoms. The van der Waals surface area contributed by atoms with Crippen molar-refractivity contribution in [2.24, 2.45) is 0 Å². The molecule has 2 rings (SSSR count). The first kappa shape index (κ1) is 14.3. The lowest BCUT2D eigenvalue weighted by Gasteiger charge is -2.35. The van der Waals surface area contributed by atoms with Gasteiger partial charge in [-0.25, -0.2) is 9.78 Å². The fourth-order valence-electron chi connectivity index (χ4n) is 2.34. The second-order valence-electron chi connectivity index (χ2n) is 4.66. The zero-order valence-electron chi connectivity index (χ0n) is 11.0. The molecular weight excluding hydrogens is 310 g/mol. The zero-order valence-corrected chi connectivity index (χ0v) is 12.6. The number of hydrogen-bond acceptors (Lipinski definition) is 4. The maximum Gasteiger partial charge on any atom is 0.339 e. The number of piperazine rings is 1. The topological polar surface area (TPSA) is 56.7 Å². The first-order valence-electron chi connectivity index (χ1n) is 6.48. The summed E-state index contributed by atoms with van der Waals surface area (Å²) >= 11 is 3.27. The Balaban J connectivity index is 2.13. The Kier molecular flexibility index (Phi) is 4.76. The lowest BCUT2D eigenvalue weighted by molar-refractivity contribution is 0.0697. The van der Waals surface area contributed by atoms with Crippen molar-refractivity contribution in [3.05, 3.63) is 22.3 Å². The van der Waals surface area contributed by atoms with Crippen LogP contribution in [0, 0.1) is 0 Å². The van der Waals surface area contributed by atoms with Crippen LogP contribution >= 0.6 is 15.9 Å². The number of aromatic carboxylic acids is 1. The maximum absolute atomic E-state index is 11.3. The third kappa shape index (κ3) is 3.45. The molecule has 0 atom stereocenters. The van der Waals surface area contributed by atoms with E-state index >= 15 is 0 Å². The van der Waals surface area contributed by atoms with Crippen LogP contribution in [0.25, 0.3) is 0 Å². The number of carboxylic acids is 1. The molecular formula is C13H18BrN3O2. The van der Waals surface area contributed by atoms with Gasteiger partial charge < -0.3 is 10.0 Å². The molecule has 0 amide bonds. The Morgan fingerprint density at radius 3 is 2.68 bits per heavy atom. The fourth-order valence-corrected chi connectivity index (χ4v) is 2.67. The molecule has 1 saturated heterocycles. The highest BCUT2D eigenvalue weighted by molar-refractivity contribution is 9.10. The monoisotopic (exact) mass is 327 g/mol. The van der Waals surface area contributed by atoms with E-state index in [1.807, 2.05) is 0 Å². The third-order valence-corrected chi connectivity index (χ3v) is 3.71. The predicted octanol–water partition coefficient (Wildman–Crippen LogP) is 2.07. The number of pyridine rings is 1. The molecule has 1 N–H and O–H groups in total. The average Bonchev–Trinajstić information content (AvgIpc) is 2.40. The second kappa shape index (κ2) is 6.34. The van der Waals surface area contributed by atoms with Crippen LogP contribution < -0.4 is 4.90 Å². The van der Waals surface area contributed by atoms with Crippen LogP contribution in [0.2, 0.25) is 0 Å². The highest BCUT2D eigenvalue weighted by Crippen LogP contribution is 2.22. The van der Waals surface area contributed by atoms with Crippen LogP contribution in [0.15, 0.2) is 16.7 Å². The van der Waals surface area contributed by atoms with Crippen molar-refractivity contribution in [2.45, 2.75) is 13.3 Å². The largest absolute Gasteiger partial charge is 0.478 e. The summed E-state index contributed by atoms with van der Waals surface area (Å²) in [4.78, 5) is 20.0. The van der Waals surface area contributed by atoms with E-state index in [-0.39, 0.29) is 5.56 Å². The van der Waals surface area contributed by atoms with Crippen LogP contribution in [-0.4, -0.2) is 53.7 Å². The molecule has 1 aromatic rings. The van der Waals surface area contributed by atoms with E-state index in [1.54, 1.807) is 12.3 Å². The molecule has 0 radical (unpaired) electrons. The lowest BCUT2D eigenvalue weighted by Crippen LogP contribution is -2.47. The van der Waals surface area contributed by atoms with Gasteiger partial charge in [-0.2, -0.15) is 0 Å². The number of aromatic nitrogens is 1. The van der Waals surface area contributed by atoms with Crippen LogP contribution in [-0.2, 0) is 0 Å². The van der Waals surface area contributed by atoms with Crippen molar-refractivity contribution in [2.75, 3.05) is 37.6 Å². The molecule has 1 fully saturated rings. The van der Waals surface area contributed by atoms with Gasteiger partial charge in [0.2, 0.25) is 0 Å². The first-order chi connectivity index (χ1) is 9.11. The molecule has 19 heavy (non-hydrogen) atoms. The minimum Gasteiger partial charge on any atom is -0.478 e. The third-order valence-electron chi connectivity index (χ3n) is 3.28. The van der Waals surface area contributed by atoms with Crippen molar-refractivity contribution in [3.63, 3.8) is 0 Å². The van der Waals surface area contributed by atoms with E-state index in [0.717, 1.165) is 39.1 Å². The maximum atomic E-state index is 11.3. The molecule has 5 nitrogen and oxygen atoms in total. The Labute approximate surface area is 121 Å². The number of rotatable bonds is 4. The van der Waals surface area contributed by atoms with Crippen molar-refractivity contribution >= 4 is 27.7 Å². The summed E-state index contributed by atoms with van der Waals surface area (Å²) in [6, 6.07) is 1.61. The molecule has 104 valence electrons. The number of carbonyl (C=O) groups is 1. The minimum absolute atomic E-state index is 0.262. The van der Waals surface area contributed by atoms with Crippen LogP contribution in [0.5, 0.6) is 0 Å². The predicted molar refractivity (Wildman–Crippen MR) is 77.8 cm³/mol. The molecule has 0 bridgehead atoms. The Morgan fingerprint density at radius 2 is 2.11 bits per heavy atom. The standard InChI is InChI=1S/C13H18BrN3O2/c1-2-3-16-4-6-17(7-5-16)12-11(13(18)19)8-10(14)9-15-12/h8-9H,2-7H2,1H3,(H,18,19). The number of halogens is 1. The van der Waals surface area contributed by atoms with Gasteiger partial charge in [0.05, 0.1) is 0 Å². The van der Waals surface area contributed by atoms with E-state index in [9.17, 15) is 9.90 Å². The fraction of sp³-hybridized carbons (Fsp3) is 0.538. The first-order valence-corrected chi connectivity index (χ1v) is 7.27. The summed E-state index contributed by atoms with van der Waals surface area (Å²) in [5.41, 5.74) is 0.262. The van der Waals surface area contributed by atoms with Crippen LogP contribution in [0.3, 0.4) is 0 Å². The molecule has 6 heteroatoms. The zero-order chi connectivity index (χ0) is 13.8. The minimum atomic E-state index is -0.931. The summed E-state index contributed by atoms with van der Waals surface area (Å²) < 4.78 is 0.693. The molecule has 0 unspecified atom stereocenters. The summed E-state index contributed by atoms with van der Waals surface area (Å²) in [5.74, 6) is -0.355. The number of hydrogen-bond donors (Lipinski definition) is 1. The van der Waals surface area contributed by atoms with Crippen molar-refractivity contribution in [1.82, 2.24) is 9.88 Å². The summed E-state index contributed by atoms with van der Waals surface area (Å²) in [6.07, 6.45) is 2.80. The molecule has 0 aromatic carbocycles. The SMILES string of the molecule is CCCN1CCN(c2ncc(Br)cc2C(=O)O)CC1. The highest BCUT2D eigenvalue weighted by Gasteiger charge is 2.22. The second-order valence-corrected chi connectivity index (χ2v) is 5.57. The van der Waals surface area contributed by atoms with Gasteiger partial charge in [0.15, 0.2) is 0 Å². The highest BCUT2D eigenvalue weighted by atomic mass is 79.9. The van der Waals surface area contributed by atoms with E-state index in [4.69, 9.17) is 0 Å². The average molecular weight is 328 g/mol. The summed E-state index contributed by atoms with van der Waals surface area (Å²) in [6.45, 7) is 6.86. The Hall–Kier alpha value is -1.14. The summed E-state index contributed by atoms with van der Waals surface area (Å²) in [7, 11) is 0. The van der Waals surface area contributed by atoms with E-state index in [1.165, 1.54) is 0 Å². The van der Waals surface area contributed by atoms with Crippen molar-refractivity contribution < 1.29 is 9.90 Å². The van der Waals surface area contributed by atoms with Gasteiger partial charge in [0.25, 0.3) is 0 Å². The molecule has 1 aromatic heterocycles. The molecule has 1 aliphatic rings. The number of nitrogens with zero attached hydrogens (tertiary/aromatic N) is 3. The van der Waals surface area contributed by atoms with E-state index in [0.29, 0.717) is 10.3 Å². The normalized spacial score (nSPS) is 16.6.